The van der Waals surface area contributed by atoms with Crippen molar-refractivity contribution in [3.63, 3.8) is 0 Å². The van der Waals surface area contributed by atoms with Crippen molar-refractivity contribution in [1.29, 1.82) is 0 Å². The van der Waals surface area contributed by atoms with Gasteiger partial charge in [0.15, 0.2) is 5.69 Å². The average molecular weight is 814 g/mol. The maximum Gasteiger partial charge on any atom is 0.258 e. The topological polar surface area (TPSA) is 140 Å². The van der Waals surface area contributed by atoms with Crippen molar-refractivity contribution in [2.24, 2.45) is 0 Å². The molecule has 1 saturated heterocycles. The van der Waals surface area contributed by atoms with Gasteiger partial charge in [-0.25, -0.2) is 15.0 Å². The number of amides is 1. The van der Waals surface area contributed by atoms with E-state index in [1.807, 2.05) is 105 Å². The van der Waals surface area contributed by atoms with Crippen molar-refractivity contribution in [3.05, 3.63) is 173 Å². The molecule has 0 aliphatic carbocycles. The number of benzene rings is 4. The predicted molar refractivity (Wildman–Crippen MR) is 233 cm³/mol. The molecule has 0 saturated carbocycles. The molecule has 1 atom stereocenters. The molecule has 4 aromatic carbocycles. The number of imidazole rings is 1. The number of pyridine rings is 2. The molecule has 7 aromatic rings. The van der Waals surface area contributed by atoms with Crippen LogP contribution in [0.2, 0.25) is 0 Å². The molecule has 2 aliphatic heterocycles. The number of nitrogens with zero attached hydrogens (tertiary/aromatic N) is 5. The van der Waals surface area contributed by atoms with Crippen LogP contribution < -0.4 is 9.47 Å². The second-order valence-electron chi connectivity index (χ2n) is 15.2. The summed E-state index contributed by atoms with van der Waals surface area (Å²) in [6, 6.07) is 40.4. The highest BCUT2D eigenvalue weighted by molar-refractivity contribution is 6.05. The zero-order valence-electron chi connectivity index (χ0n) is 34.2. The Morgan fingerprint density at radius 2 is 1.25 bits per heavy atom. The number of hydrogen-bond donors (Lipinski definition) is 2. The van der Waals surface area contributed by atoms with Gasteiger partial charge in [-0.15, -0.1) is 0 Å². The Balaban J connectivity index is 0.000000168. The molecule has 1 unspecified atom stereocenters. The fourth-order valence-electron chi connectivity index (χ4n) is 7.83. The molecule has 2 N–H and O–H groups in total. The lowest BCUT2D eigenvalue weighted by Crippen LogP contribution is -2.41. The van der Waals surface area contributed by atoms with E-state index in [1.165, 1.54) is 11.0 Å². The van der Waals surface area contributed by atoms with Crippen LogP contribution >= 0.6 is 0 Å². The van der Waals surface area contributed by atoms with E-state index in [2.05, 4.69) is 9.55 Å². The van der Waals surface area contributed by atoms with Gasteiger partial charge >= 0.3 is 0 Å². The Morgan fingerprint density at radius 1 is 0.639 bits per heavy atom. The third-order valence-electron chi connectivity index (χ3n) is 10.9. The standard InChI is InChI=1S/C25H23N3O2.C25H24N2O4/c1-17-13-14-22(30-16-18-8-3-2-4-9-18)24(26-17)23-20-11-7-15-28(20)25(27-23)19-10-5-6-12-21(19)29;1-17-13-14-22(31-16-18-8-3-2-4-9-18)23(26-17)24(29)20-11-7-15-27(20)25(30)19-10-5-6-12-21(19)28/h2-6,8-10,12-14,29H,7,11,15-16H2,1H3;2-6,8-10,12-14,20,28H,7,11,15-16H2,1H3. The number of hydrogen-bond acceptors (Lipinski definition) is 9. The number of carbonyl (C=O) groups excluding carboxylic acids is 2. The van der Waals surface area contributed by atoms with E-state index < -0.39 is 6.04 Å². The number of aromatic hydroxyl groups is 2. The first-order valence-corrected chi connectivity index (χ1v) is 20.5. The summed E-state index contributed by atoms with van der Waals surface area (Å²) in [4.78, 5) is 42.2. The molecule has 0 spiro atoms. The predicted octanol–water partition coefficient (Wildman–Crippen LogP) is 9.31. The third-order valence-corrected chi connectivity index (χ3v) is 10.9. The van der Waals surface area contributed by atoms with Gasteiger partial charge in [0, 0.05) is 30.2 Å². The normalized spacial score (nSPS) is 14.2. The van der Waals surface area contributed by atoms with Gasteiger partial charge in [-0.1, -0.05) is 84.9 Å². The van der Waals surface area contributed by atoms with Crippen LogP contribution in [0.3, 0.4) is 0 Å². The highest BCUT2D eigenvalue weighted by atomic mass is 16.5. The molecule has 61 heavy (non-hydrogen) atoms. The first-order valence-electron chi connectivity index (χ1n) is 20.5. The number of carbonyl (C=O) groups is 2. The van der Waals surface area contributed by atoms with E-state index >= 15 is 0 Å². The molecular weight excluding hydrogens is 767 g/mol. The van der Waals surface area contributed by atoms with Crippen molar-refractivity contribution in [2.75, 3.05) is 6.54 Å². The van der Waals surface area contributed by atoms with E-state index in [0.717, 1.165) is 70.4 Å². The lowest BCUT2D eigenvalue weighted by atomic mass is 10.0. The van der Waals surface area contributed by atoms with Gasteiger partial charge in [0.1, 0.15) is 53.4 Å². The average Bonchev–Trinajstić information content (AvgIpc) is 4.05. The monoisotopic (exact) mass is 813 g/mol. The Bertz CT molecular complexity index is 2660. The molecule has 308 valence electrons. The summed E-state index contributed by atoms with van der Waals surface area (Å²) in [5.74, 6) is 1.46. The molecule has 3 aromatic heterocycles. The molecule has 0 radical (unpaired) electrons. The van der Waals surface area contributed by atoms with Crippen LogP contribution in [0.5, 0.6) is 23.0 Å². The van der Waals surface area contributed by atoms with Crippen LogP contribution in [0.4, 0.5) is 0 Å². The van der Waals surface area contributed by atoms with Crippen LogP contribution in [0.15, 0.2) is 133 Å². The molecule has 9 rings (SSSR count). The van der Waals surface area contributed by atoms with Gasteiger partial charge in [0.25, 0.3) is 5.91 Å². The van der Waals surface area contributed by atoms with Crippen molar-refractivity contribution < 1.29 is 29.3 Å². The number of Topliss-reactive ketones (excluding diaryl/α,β-unsaturated/α-hetero) is 1. The maximum absolute atomic E-state index is 13.5. The number of phenolic OH excluding ortho intramolecular Hbond substituents is 2. The second-order valence-corrected chi connectivity index (χ2v) is 15.2. The summed E-state index contributed by atoms with van der Waals surface area (Å²) < 4.78 is 14.3. The highest BCUT2D eigenvalue weighted by Crippen LogP contribution is 2.39. The number of para-hydroxylation sites is 2. The third kappa shape index (κ3) is 9.01. The largest absolute Gasteiger partial charge is 0.507 e. The number of rotatable bonds is 11. The van der Waals surface area contributed by atoms with Gasteiger partial charge in [-0.05, 0) is 99.2 Å². The summed E-state index contributed by atoms with van der Waals surface area (Å²) in [6.07, 6.45) is 3.24. The molecule has 5 heterocycles. The number of ether oxygens (including phenoxy) is 2. The molecule has 1 fully saturated rings. The SMILES string of the molecule is Cc1ccc(OCc2ccccc2)c(-c2nc(-c3ccccc3O)n3c2CCC3)n1.Cc1ccc(OCc2ccccc2)c(C(=O)C2CCCN2C(=O)c2ccccc2O)n1. The minimum Gasteiger partial charge on any atom is -0.507 e. The van der Waals surface area contributed by atoms with Crippen molar-refractivity contribution in [1.82, 2.24) is 24.4 Å². The van der Waals surface area contributed by atoms with Crippen molar-refractivity contribution in [3.8, 4) is 45.8 Å². The number of aryl methyl sites for hydroxylation is 2. The Labute approximate surface area is 354 Å². The zero-order valence-corrected chi connectivity index (χ0v) is 34.2. The van der Waals surface area contributed by atoms with E-state index in [9.17, 15) is 19.8 Å². The molecule has 0 bridgehead atoms. The van der Waals surface area contributed by atoms with Gasteiger partial charge in [0.05, 0.1) is 17.2 Å². The summed E-state index contributed by atoms with van der Waals surface area (Å²) in [5, 5.41) is 20.5. The van der Waals surface area contributed by atoms with E-state index in [0.29, 0.717) is 44.0 Å². The van der Waals surface area contributed by atoms with Crippen LogP contribution in [-0.2, 0) is 26.2 Å². The molecule has 11 nitrogen and oxygen atoms in total. The summed E-state index contributed by atoms with van der Waals surface area (Å²) in [6.45, 7) is 5.92. The second kappa shape index (κ2) is 18.3. The van der Waals surface area contributed by atoms with Gasteiger partial charge < -0.3 is 29.2 Å². The minimum atomic E-state index is -0.638. The number of fused-ring (bicyclic) bond motifs is 1. The first-order chi connectivity index (χ1) is 29.7. The van der Waals surface area contributed by atoms with Crippen LogP contribution in [0, 0.1) is 13.8 Å². The fraction of sp³-hybridized carbons (Fsp3) is 0.220. The smallest absolute Gasteiger partial charge is 0.258 e. The minimum absolute atomic E-state index is 0.0915. The number of likely N-dealkylation sites (tertiary alicyclic amines) is 1. The fourth-order valence-corrected chi connectivity index (χ4v) is 7.83. The number of phenols is 2. The number of ketones is 1. The molecule has 1 amide bonds. The van der Waals surface area contributed by atoms with Crippen molar-refractivity contribution >= 4 is 11.7 Å². The Kier molecular flexibility index (Phi) is 12.2. The van der Waals surface area contributed by atoms with Crippen LogP contribution in [-0.4, -0.2) is 58.9 Å². The highest BCUT2D eigenvalue weighted by Gasteiger charge is 2.37. The van der Waals surface area contributed by atoms with Crippen molar-refractivity contribution in [2.45, 2.75) is 65.3 Å². The van der Waals surface area contributed by atoms with Crippen LogP contribution in [0.1, 0.15) is 68.3 Å². The molecule has 2 aliphatic rings. The Hall–Kier alpha value is -7.27. The van der Waals surface area contributed by atoms with E-state index in [-0.39, 0.29) is 34.4 Å². The van der Waals surface area contributed by atoms with Gasteiger partial charge in [-0.2, -0.15) is 0 Å². The maximum atomic E-state index is 13.5. The Morgan fingerprint density at radius 3 is 1.93 bits per heavy atom. The first kappa shape index (κ1) is 40.5. The summed E-state index contributed by atoms with van der Waals surface area (Å²) >= 11 is 0. The quantitative estimate of drug-likeness (QED) is 0.122. The lowest BCUT2D eigenvalue weighted by molar-refractivity contribution is 0.0665. The van der Waals surface area contributed by atoms with E-state index in [4.69, 9.17) is 19.4 Å². The van der Waals surface area contributed by atoms with E-state index in [1.54, 1.807) is 36.4 Å². The molecule has 11 heteroatoms. The zero-order chi connectivity index (χ0) is 42.3. The summed E-state index contributed by atoms with van der Waals surface area (Å²) in [7, 11) is 0. The number of aromatic nitrogens is 4. The van der Waals surface area contributed by atoms with Crippen LogP contribution in [0.25, 0.3) is 22.8 Å². The molecular formula is C50H47N5O6. The lowest BCUT2D eigenvalue weighted by Gasteiger charge is -2.24. The van der Waals surface area contributed by atoms with Gasteiger partial charge in [0.2, 0.25) is 5.78 Å². The van der Waals surface area contributed by atoms with Gasteiger partial charge in [-0.3, -0.25) is 9.59 Å². The summed E-state index contributed by atoms with van der Waals surface area (Å²) in [5.41, 5.74) is 7.64.